The number of allylic oxidation sites excluding steroid dienone is 1. The molecule has 4 nitrogen and oxygen atoms in total. The van der Waals surface area contributed by atoms with Crippen molar-refractivity contribution in [1.82, 2.24) is 14.9 Å². The quantitative estimate of drug-likeness (QED) is 0.499. The lowest BCUT2D eigenvalue weighted by Gasteiger charge is -2.22. The SMILES string of the molecule is C=C(C)Cc1c(C)nc(-c2ccc(Cl)cc2)nc1OC(=S)N(CC)CC. The van der Waals surface area contributed by atoms with Crippen LogP contribution in [-0.4, -0.2) is 33.1 Å². The zero-order chi connectivity index (χ0) is 19.3. The molecular formula is C20H24ClN3OS. The molecule has 0 unspecified atom stereocenters. The lowest BCUT2D eigenvalue weighted by atomic mass is 10.1. The van der Waals surface area contributed by atoms with Gasteiger partial charge in [-0.2, -0.15) is 4.98 Å². The molecule has 0 spiro atoms. The first kappa shape index (κ1) is 20.3. The van der Waals surface area contributed by atoms with E-state index in [9.17, 15) is 0 Å². The Hall–Kier alpha value is -1.98. The molecule has 0 saturated heterocycles. The monoisotopic (exact) mass is 389 g/mol. The molecule has 2 rings (SSSR count). The van der Waals surface area contributed by atoms with E-state index in [0.717, 1.165) is 35.5 Å². The second kappa shape index (κ2) is 9.10. The standard InChI is InChI=1S/C20H24ClN3OS/c1-6-24(7-2)20(26)25-19-17(12-13(3)4)14(5)22-18(23-19)15-8-10-16(21)11-9-15/h8-11H,3,6-7,12H2,1-2,4-5H3. The fourth-order valence-electron chi connectivity index (χ4n) is 2.52. The van der Waals surface area contributed by atoms with Crippen molar-refractivity contribution in [1.29, 1.82) is 0 Å². The summed E-state index contributed by atoms with van der Waals surface area (Å²) in [5.41, 5.74) is 3.64. The van der Waals surface area contributed by atoms with Gasteiger partial charge in [0.15, 0.2) is 5.82 Å². The molecule has 0 aliphatic carbocycles. The minimum atomic E-state index is 0.415. The van der Waals surface area contributed by atoms with Gasteiger partial charge in [0.1, 0.15) is 0 Å². The molecule has 0 radical (unpaired) electrons. The minimum Gasteiger partial charge on any atom is -0.412 e. The summed E-state index contributed by atoms with van der Waals surface area (Å²) in [6, 6.07) is 7.42. The molecule has 2 aromatic rings. The smallest absolute Gasteiger partial charge is 0.266 e. The second-order valence-electron chi connectivity index (χ2n) is 6.10. The van der Waals surface area contributed by atoms with Crippen molar-refractivity contribution in [3.8, 4) is 17.3 Å². The highest BCUT2D eigenvalue weighted by molar-refractivity contribution is 7.80. The number of hydrogen-bond donors (Lipinski definition) is 0. The third kappa shape index (κ3) is 5.02. The van der Waals surface area contributed by atoms with E-state index in [0.29, 0.717) is 28.3 Å². The van der Waals surface area contributed by atoms with Crippen molar-refractivity contribution in [2.24, 2.45) is 0 Å². The lowest BCUT2D eigenvalue weighted by Crippen LogP contribution is -2.33. The number of halogens is 1. The highest BCUT2D eigenvalue weighted by Gasteiger charge is 2.18. The average molecular weight is 390 g/mol. The Kier molecular flexibility index (Phi) is 7.12. The minimum absolute atomic E-state index is 0.415. The van der Waals surface area contributed by atoms with Crippen LogP contribution in [0.4, 0.5) is 0 Å². The molecule has 0 saturated carbocycles. The number of hydrogen-bond acceptors (Lipinski definition) is 4. The molecule has 0 bridgehead atoms. The Bertz CT molecular complexity index is 801. The number of ether oxygens (including phenoxy) is 1. The molecule has 0 atom stereocenters. The lowest BCUT2D eigenvalue weighted by molar-refractivity contribution is 0.370. The van der Waals surface area contributed by atoms with Crippen LogP contribution in [0.25, 0.3) is 11.4 Å². The summed E-state index contributed by atoms with van der Waals surface area (Å²) in [5, 5.41) is 1.08. The molecular weight excluding hydrogens is 366 g/mol. The van der Waals surface area contributed by atoms with Crippen LogP contribution in [-0.2, 0) is 6.42 Å². The Morgan fingerprint density at radius 1 is 1.19 bits per heavy atom. The predicted molar refractivity (Wildman–Crippen MR) is 112 cm³/mol. The van der Waals surface area contributed by atoms with Crippen molar-refractivity contribution in [2.45, 2.75) is 34.1 Å². The van der Waals surface area contributed by atoms with Gasteiger partial charge >= 0.3 is 0 Å². The maximum atomic E-state index is 6.00. The largest absolute Gasteiger partial charge is 0.412 e. The molecule has 0 aliphatic heterocycles. The van der Waals surface area contributed by atoms with Gasteiger partial charge in [0.05, 0.1) is 0 Å². The number of benzene rings is 1. The second-order valence-corrected chi connectivity index (χ2v) is 6.88. The maximum absolute atomic E-state index is 6.00. The first-order valence-electron chi connectivity index (χ1n) is 8.60. The highest BCUT2D eigenvalue weighted by Crippen LogP contribution is 2.27. The van der Waals surface area contributed by atoms with Gasteiger partial charge in [-0.3, -0.25) is 0 Å². The van der Waals surface area contributed by atoms with Gasteiger partial charge in [-0.1, -0.05) is 23.8 Å². The van der Waals surface area contributed by atoms with Crippen molar-refractivity contribution in [2.75, 3.05) is 13.1 Å². The molecule has 6 heteroatoms. The number of rotatable bonds is 6. The summed E-state index contributed by atoms with van der Waals surface area (Å²) in [4.78, 5) is 11.3. The van der Waals surface area contributed by atoms with Gasteiger partial charge in [0.2, 0.25) is 5.88 Å². The molecule has 1 heterocycles. The molecule has 26 heavy (non-hydrogen) atoms. The fourth-order valence-corrected chi connectivity index (χ4v) is 2.98. The first-order chi connectivity index (χ1) is 12.3. The molecule has 0 fully saturated rings. The zero-order valence-electron chi connectivity index (χ0n) is 15.7. The van der Waals surface area contributed by atoms with Crippen LogP contribution in [0.3, 0.4) is 0 Å². The van der Waals surface area contributed by atoms with E-state index in [1.807, 2.05) is 56.9 Å². The normalized spacial score (nSPS) is 10.5. The molecule has 138 valence electrons. The van der Waals surface area contributed by atoms with Gasteiger partial charge in [-0.05, 0) is 70.6 Å². The van der Waals surface area contributed by atoms with Gasteiger partial charge in [-0.25, -0.2) is 4.98 Å². The van der Waals surface area contributed by atoms with Gasteiger partial charge < -0.3 is 9.64 Å². The Morgan fingerprint density at radius 2 is 1.81 bits per heavy atom. The maximum Gasteiger partial charge on any atom is 0.266 e. The fraction of sp³-hybridized carbons (Fsp3) is 0.350. The van der Waals surface area contributed by atoms with Crippen molar-refractivity contribution in [3.05, 3.63) is 52.7 Å². The van der Waals surface area contributed by atoms with Crippen LogP contribution >= 0.6 is 23.8 Å². The van der Waals surface area contributed by atoms with Gasteiger partial charge in [0.25, 0.3) is 5.17 Å². The van der Waals surface area contributed by atoms with E-state index < -0.39 is 0 Å². The van der Waals surface area contributed by atoms with E-state index in [1.54, 1.807) is 0 Å². The molecule has 1 aromatic carbocycles. The van der Waals surface area contributed by atoms with Gasteiger partial charge in [-0.15, -0.1) is 0 Å². The van der Waals surface area contributed by atoms with Crippen molar-refractivity contribution < 1.29 is 4.74 Å². The number of nitrogens with zero attached hydrogens (tertiary/aromatic N) is 3. The summed E-state index contributed by atoms with van der Waals surface area (Å²) >= 11 is 11.4. The zero-order valence-corrected chi connectivity index (χ0v) is 17.2. The summed E-state index contributed by atoms with van der Waals surface area (Å²) in [6.45, 7) is 13.6. The summed E-state index contributed by atoms with van der Waals surface area (Å²) in [6.07, 6.45) is 0.642. The predicted octanol–water partition coefficient (Wildman–Crippen LogP) is 5.23. The van der Waals surface area contributed by atoms with Crippen molar-refractivity contribution >= 4 is 29.0 Å². The van der Waals surface area contributed by atoms with E-state index in [-0.39, 0.29) is 0 Å². The Labute approximate surface area is 165 Å². The summed E-state index contributed by atoms with van der Waals surface area (Å²) in [7, 11) is 0. The average Bonchev–Trinajstić information content (AvgIpc) is 2.59. The van der Waals surface area contributed by atoms with E-state index >= 15 is 0 Å². The van der Waals surface area contributed by atoms with Crippen LogP contribution in [0.2, 0.25) is 5.02 Å². The first-order valence-corrected chi connectivity index (χ1v) is 9.38. The van der Waals surface area contributed by atoms with Crippen LogP contribution in [0.5, 0.6) is 5.88 Å². The van der Waals surface area contributed by atoms with Crippen LogP contribution in [0.1, 0.15) is 32.0 Å². The highest BCUT2D eigenvalue weighted by atomic mass is 35.5. The number of aryl methyl sites for hydroxylation is 1. The topological polar surface area (TPSA) is 38.3 Å². The molecule has 1 aromatic heterocycles. The van der Waals surface area contributed by atoms with Gasteiger partial charge in [0, 0.05) is 34.9 Å². The Morgan fingerprint density at radius 3 is 2.35 bits per heavy atom. The van der Waals surface area contributed by atoms with Crippen LogP contribution in [0, 0.1) is 6.92 Å². The van der Waals surface area contributed by atoms with E-state index in [4.69, 9.17) is 28.6 Å². The van der Waals surface area contributed by atoms with Crippen LogP contribution in [0.15, 0.2) is 36.4 Å². The summed E-state index contributed by atoms with van der Waals surface area (Å²) in [5.74, 6) is 1.07. The summed E-state index contributed by atoms with van der Waals surface area (Å²) < 4.78 is 6.00. The third-order valence-electron chi connectivity index (χ3n) is 3.96. The van der Waals surface area contributed by atoms with E-state index in [2.05, 4.69) is 16.5 Å². The number of aromatic nitrogens is 2. The van der Waals surface area contributed by atoms with Crippen molar-refractivity contribution in [3.63, 3.8) is 0 Å². The third-order valence-corrected chi connectivity index (χ3v) is 4.56. The molecule has 0 amide bonds. The molecule has 0 aliphatic rings. The van der Waals surface area contributed by atoms with E-state index in [1.165, 1.54) is 0 Å². The number of thiocarbonyl (C=S) groups is 1. The van der Waals surface area contributed by atoms with Crippen LogP contribution < -0.4 is 4.74 Å². The molecule has 0 N–H and O–H groups in total. The Balaban J connectivity index is 2.48.